The lowest BCUT2D eigenvalue weighted by Gasteiger charge is -2.29. The fourth-order valence-corrected chi connectivity index (χ4v) is 5.88. The molecule has 0 bridgehead atoms. The Morgan fingerprint density at radius 1 is 0.690 bits per heavy atom. The fourth-order valence-electron chi connectivity index (χ4n) is 5.88. The zero-order valence-electron chi connectivity index (χ0n) is 25.4. The molecule has 1 fully saturated rings. The molecular weight excluding hydrogens is 533 g/mol. The van der Waals surface area contributed by atoms with Crippen LogP contribution >= 0.6 is 0 Å². The van der Waals surface area contributed by atoms with Gasteiger partial charge < -0.3 is 9.47 Å². The van der Waals surface area contributed by atoms with E-state index in [0.29, 0.717) is 30.3 Å². The van der Waals surface area contributed by atoms with Crippen LogP contribution < -0.4 is 4.74 Å². The Kier molecular flexibility index (Phi) is 12.8. The standard InChI is InChI=1S/C37H47F3O2/c1-3-5-7-9-11-13-27-14-22-34(42-26-27)32-20-19-30(25-33(32)38)28-15-17-29(18-16-28)31-21-23-35(37(40)36(31)39)41-24-12-10-8-6-4-2/h15-21,23,25,27,34H,3-14,22,24,26H2,1-2H3. The first kappa shape index (κ1) is 32.1. The molecule has 2 nitrogen and oxygen atoms in total. The van der Waals surface area contributed by atoms with Crippen LogP contribution in [0.4, 0.5) is 13.2 Å². The molecule has 0 aromatic heterocycles. The molecule has 1 aliphatic rings. The van der Waals surface area contributed by atoms with Crippen LogP contribution in [-0.4, -0.2) is 13.2 Å². The summed E-state index contributed by atoms with van der Waals surface area (Å²) in [5.74, 6) is -1.64. The summed E-state index contributed by atoms with van der Waals surface area (Å²) >= 11 is 0. The van der Waals surface area contributed by atoms with E-state index >= 15 is 4.39 Å². The third-order valence-corrected chi connectivity index (χ3v) is 8.52. The molecule has 0 N–H and O–H groups in total. The Hall–Kier alpha value is -2.79. The molecular formula is C37H47F3O2. The lowest BCUT2D eigenvalue weighted by atomic mass is 9.90. The second kappa shape index (κ2) is 16.7. The van der Waals surface area contributed by atoms with Crippen LogP contribution in [0.2, 0.25) is 0 Å². The van der Waals surface area contributed by atoms with Gasteiger partial charge in [-0.05, 0) is 66.5 Å². The molecule has 3 aromatic rings. The first-order chi connectivity index (χ1) is 20.5. The number of hydrogen-bond donors (Lipinski definition) is 0. The Morgan fingerprint density at radius 3 is 2.02 bits per heavy atom. The van der Waals surface area contributed by atoms with E-state index in [4.69, 9.17) is 9.47 Å². The highest BCUT2D eigenvalue weighted by molar-refractivity contribution is 5.71. The number of rotatable bonds is 16. The lowest BCUT2D eigenvalue weighted by molar-refractivity contribution is -0.0215. The van der Waals surface area contributed by atoms with Crippen molar-refractivity contribution >= 4 is 0 Å². The molecule has 3 aromatic carbocycles. The number of benzene rings is 3. The molecule has 5 heteroatoms. The maximum atomic E-state index is 15.2. The Bertz CT molecular complexity index is 1230. The van der Waals surface area contributed by atoms with Gasteiger partial charge in [-0.3, -0.25) is 0 Å². The van der Waals surface area contributed by atoms with Crippen LogP contribution in [0.5, 0.6) is 5.75 Å². The van der Waals surface area contributed by atoms with Gasteiger partial charge in [0.1, 0.15) is 5.82 Å². The van der Waals surface area contributed by atoms with Crippen LogP contribution in [-0.2, 0) is 4.74 Å². The zero-order chi connectivity index (χ0) is 29.7. The highest BCUT2D eigenvalue weighted by Gasteiger charge is 2.25. The molecule has 2 atom stereocenters. The SMILES string of the molecule is CCCCCCCOc1ccc(-c2ccc(-c3ccc(C4CCC(CCCCCCC)CO4)c(F)c3)cc2)c(F)c1F. The molecule has 4 rings (SSSR count). The van der Waals surface area contributed by atoms with Gasteiger partial charge in [0.05, 0.1) is 19.3 Å². The van der Waals surface area contributed by atoms with Crippen molar-refractivity contribution in [1.29, 1.82) is 0 Å². The van der Waals surface area contributed by atoms with Crippen LogP contribution in [0, 0.1) is 23.4 Å². The number of ether oxygens (including phenoxy) is 2. The largest absolute Gasteiger partial charge is 0.490 e. The quantitative estimate of drug-likeness (QED) is 0.157. The van der Waals surface area contributed by atoms with Crippen LogP contribution in [0.1, 0.15) is 109 Å². The topological polar surface area (TPSA) is 18.5 Å². The summed E-state index contributed by atoms with van der Waals surface area (Å²) in [7, 11) is 0. The van der Waals surface area contributed by atoms with Crippen LogP contribution in [0.25, 0.3) is 22.3 Å². The molecule has 42 heavy (non-hydrogen) atoms. The molecule has 1 aliphatic heterocycles. The summed E-state index contributed by atoms with van der Waals surface area (Å²) in [6.07, 6.45) is 14.6. The summed E-state index contributed by atoms with van der Waals surface area (Å²) in [6, 6.07) is 15.4. The molecule has 228 valence electrons. The van der Waals surface area contributed by atoms with Crippen LogP contribution in [0.3, 0.4) is 0 Å². The van der Waals surface area contributed by atoms with Gasteiger partial charge in [0.15, 0.2) is 11.6 Å². The van der Waals surface area contributed by atoms with Crippen molar-refractivity contribution < 1.29 is 22.6 Å². The van der Waals surface area contributed by atoms with Crippen molar-refractivity contribution in [3.05, 3.63) is 77.6 Å². The molecule has 1 saturated heterocycles. The van der Waals surface area contributed by atoms with E-state index in [9.17, 15) is 8.78 Å². The molecule has 0 spiro atoms. The minimum atomic E-state index is -0.967. The second-order valence-corrected chi connectivity index (χ2v) is 11.8. The van der Waals surface area contributed by atoms with E-state index in [0.717, 1.165) is 49.7 Å². The van der Waals surface area contributed by atoms with E-state index in [2.05, 4.69) is 13.8 Å². The molecule has 2 unspecified atom stereocenters. The van der Waals surface area contributed by atoms with Crippen molar-refractivity contribution in [2.24, 2.45) is 5.92 Å². The van der Waals surface area contributed by atoms with E-state index in [1.54, 1.807) is 24.3 Å². The summed E-state index contributed by atoms with van der Waals surface area (Å²) in [6.45, 7) is 5.45. The van der Waals surface area contributed by atoms with Gasteiger partial charge in [0, 0.05) is 11.1 Å². The molecule has 1 heterocycles. The van der Waals surface area contributed by atoms with Crippen LogP contribution in [0.15, 0.2) is 54.6 Å². The van der Waals surface area contributed by atoms with Gasteiger partial charge in [-0.15, -0.1) is 0 Å². The third kappa shape index (κ3) is 8.86. The molecule has 0 amide bonds. The average molecular weight is 581 g/mol. The molecule has 0 aliphatic carbocycles. The van der Waals surface area contributed by atoms with Gasteiger partial charge in [-0.25, -0.2) is 8.78 Å². The Balaban J connectivity index is 1.33. The lowest BCUT2D eigenvalue weighted by Crippen LogP contribution is -2.21. The highest BCUT2D eigenvalue weighted by atomic mass is 19.2. The van der Waals surface area contributed by atoms with Gasteiger partial charge in [-0.1, -0.05) is 108 Å². The maximum absolute atomic E-state index is 15.2. The number of hydrogen-bond acceptors (Lipinski definition) is 2. The first-order valence-electron chi connectivity index (χ1n) is 16.1. The van der Waals surface area contributed by atoms with E-state index < -0.39 is 11.6 Å². The minimum absolute atomic E-state index is 0.0567. The minimum Gasteiger partial charge on any atom is -0.490 e. The van der Waals surface area contributed by atoms with Gasteiger partial charge in [0.2, 0.25) is 5.82 Å². The second-order valence-electron chi connectivity index (χ2n) is 11.8. The summed E-state index contributed by atoms with van der Waals surface area (Å²) in [5.41, 5.74) is 2.87. The Labute approximate surface area is 250 Å². The maximum Gasteiger partial charge on any atom is 0.201 e. The van der Waals surface area contributed by atoms with Crippen molar-refractivity contribution in [1.82, 2.24) is 0 Å². The third-order valence-electron chi connectivity index (χ3n) is 8.52. The zero-order valence-corrected chi connectivity index (χ0v) is 25.4. The van der Waals surface area contributed by atoms with Gasteiger partial charge in [-0.2, -0.15) is 4.39 Å². The summed E-state index contributed by atoms with van der Waals surface area (Å²) < 4.78 is 56.5. The Morgan fingerprint density at radius 2 is 1.36 bits per heavy atom. The monoisotopic (exact) mass is 580 g/mol. The number of unbranched alkanes of at least 4 members (excludes halogenated alkanes) is 8. The average Bonchev–Trinajstić information content (AvgIpc) is 3.01. The number of halogens is 3. The van der Waals surface area contributed by atoms with Crippen molar-refractivity contribution in [3.63, 3.8) is 0 Å². The van der Waals surface area contributed by atoms with Crippen molar-refractivity contribution in [3.8, 4) is 28.0 Å². The van der Waals surface area contributed by atoms with E-state index in [1.165, 1.54) is 51.0 Å². The van der Waals surface area contributed by atoms with E-state index in [1.807, 2.05) is 24.3 Å². The first-order valence-corrected chi connectivity index (χ1v) is 16.1. The summed E-state index contributed by atoms with van der Waals surface area (Å²) in [4.78, 5) is 0. The van der Waals surface area contributed by atoms with E-state index in [-0.39, 0.29) is 23.2 Å². The fraction of sp³-hybridized carbons (Fsp3) is 0.514. The van der Waals surface area contributed by atoms with Crippen molar-refractivity contribution in [2.75, 3.05) is 13.2 Å². The van der Waals surface area contributed by atoms with Crippen molar-refractivity contribution in [2.45, 2.75) is 103 Å². The highest BCUT2D eigenvalue weighted by Crippen LogP contribution is 2.36. The van der Waals surface area contributed by atoms with Gasteiger partial charge in [0.25, 0.3) is 0 Å². The predicted molar refractivity (Wildman–Crippen MR) is 166 cm³/mol. The summed E-state index contributed by atoms with van der Waals surface area (Å²) in [5, 5.41) is 0. The molecule has 0 radical (unpaired) electrons. The molecule has 0 saturated carbocycles. The smallest absolute Gasteiger partial charge is 0.201 e. The predicted octanol–water partition coefficient (Wildman–Crippen LogP) is 11.6. The van der Waals surface area contributed by atoms with Gasteiger partial charge >= 0.3 is 0 Å². The normalized spacial score (nSPS) is 17.0.